The normalized spacial score (nSPS) is 9.20. The first-order chi connectivity index (χ1) is 7.07. The Morgan fingerprint density at radius 2 is 1.73 bits per heavy atom. The Balaban J connectivity index is 3.47. The van der Waals surface area contributed by atoms with E-state index in [9.17, 15) is 14.4 Å². The summed E-state index contributed by atoms with van der Waals surface area (Å²) in [7, 11) is 0. The van der Waals surface area contributed by atoms with Crippen LogP contribution in [0.5, 0.6) is 0 Å². The SMILES string of the molecule is CCOC(=O)C(=O)NCCCNC(C)=O. The van der Waals surface area contributed by atoms with Gasteiger partial charge in [-0.15, -0.1) is 0 Å². The Morgan fingerprint density at radius 3 is 2.27 bits per heavy atom. The molecule has 0 fully saturated rings. The molecule has 2 amide bonds. The molecule has 0 heterocycles. The first-order valence-corrected chi connectivity index (χ1v) is 4.77. The minimum absolute atomic E-state index is 0.119. The number of carbonyl (C=O) groups is 3. The highest BCUT2D eigenvalue weighted by Gasteiger charge is 2.12. The van der Waals surface area contributed by atoms with Crippen LogP contribution in [-0.4, -0.2) is 37.5 Å². The third kappa shape index (κ3) is 7.48. The third-order valence-corrected chi connectivity index (χ3v) is 1.47. The summed E-state index contributed by atoms with van der Waals surface area (Å²) in [6.45, 7) is 4.02. The van der Waals surface area contributed by atoms with Gasteiger partial charge in [-0.3, -0.25) is 9.59 Å². The standard InChI is InChI=1S/C9H16N2O4/c1-3-15-9(14)8(13)11-6-4-5-10-7(2)12/h3-6H2,1-2H3,(H,10,12)(H,11,13). The predicted molar refractivity (Wildman–Crippen MR) is 52.9 cm³/mol. The van der Waals surface area contributed by atoms with Crippen LogP contribution in [0.4, 0.5) is 0 Å². The summed E-state index contributed by atoms with van der Waals surface area (Å²) >= 11 is 0. The number of esters is 1. The van der Waals surface area contributed by atoms with Gasteiger partial charge in [-0.25, -0.2) is 4.79 Å². The van der Waals surface area contributed by atoms with Crippen LogP contribution in [0.25, 0.3) is 0 Å². The van der Waals surface area contributed by atoms with Gasteiger partial charge in [-0.05, 0) is 13.3 Å². The summed E-state index contributed by atoms with van der Waals surface area (Å²) in [5.74, 6) is -1.75. The predicted octanol–water partition coefficient (Wildman–Crippen LogP) is -0.808. The summed E-state index contributed by atoms with van der Waals surface area (Å²) in [6, 6.07) is 0. The van der Waals surface area contributed by atoms with Gasteiger partial charge >= 0.3 is 11.9 Å². The molecule has 0 spiro atoms. The number of hydrogen-bond acceptors (Lipinski definition) is 4. The van der Waals surface area contributed by atoms with Gasteiger partial charge < -0.3 is 15.4 Å². The molecule has 0 aliphatic heterocycles. The molecule has 0 unspecified atom stereocenters. The highest BCUT2D eigenvalue weighted by molar-refractivity contribution is 6.32. The zero-order valence-electron chi connectivity index (χ0n) is 8.96. The topological polar surface area (TPSA) is 84.5 Å². The van der Waals surface area contributed by atoms with E-state index in [-0.39, 0.29) is 12.5 Å². The van der Waals surface area contributed by atoms with Gasteiger partial charge in [0.15, 0.2) is 0 Å². The van der Waals surface area contributed by atoms with Crippen LogP contribution < -0.4 is 10.6 Å². The van der Waals surface area contributed by atoms with E-state index >= 15 is 0 Å². The van der Waals surface area contributed by atoms with Gasteiger partial charge in [0.2, 0.25) is 5.91 Å². The minimum Gasteiger partial charge on any atom is -0.459 e. The molecule has 0 aromatic rings. The van der Waals surface area contributed by atoms with E-state index in [1.54, 1.807) is 6.92 Å². The lowest BCUT2D eigenvalue weighted by Gasteiger charge is -2.04. The van der Waals surface area contributed by atoms with Crippen LogP contribution in [-0.2, 0) is 19.1 Å². The van der Waals surface area contributed by atoms with Crippen molar-refractivity contribution in [2.24, 2.45) is 0 Å². The zero-order chi connectivity index (χ0) is 11.7. The summed E-state index contributed by atoms with van der Waals surface area (Å²) in [5, 5.41) is 4.94. The van der Waals surface area contributed by atoms with Crippen molar-refractivity contribution in [3.8, 4) is 0 Å². The van der Waals surface area contributed by atoms with Gasteiger partial charge in [0.25, 0.3) is 0 Å². The van der Waals surface area contributed by atoms with Gasteiger partial charge in [0, 0.05) is 20.0 Å². The molecule has 0 radical (unpaired) electrons. The Hall–Kier alpha value is -1.59. The molecule has 0 aliphatic carbocycles. The quantitative estimate of drug-likeness (QED) is 0.357. The molecule has 0 bridgehead atoms. The molecule has 0 atom stereocenters. The number of rotatable bonds is 5. The molecule has 0 aromatic heterocycles. The smallest absolute Gasteiger partial charge is 0.396 e. The molecule has 0 saturated carbocycles. The fourth-order valence-corrected chi connectivity index (χ4v) is 0.824. The van der Waals surface area contributed by atoms with E-state index in [1.807, 2.05) is 0 Å². The molecular weight excluding hydrogens is 200 g/mol. The number of hydrogen-bond donors (Lipinski definition) is 2. The van der Waals surface area contributed by atoms with Gasteiger partial charge in [0.05, 0.1) is 6.61 Å². The van der Waals surface area contributed by atoms with Gasteiger partial charge in [-0.2, -0.15) is 0 Å². The van der Waals surface area contributed by atoms with Crippen LogP contribution >= 0.6 is 0 Å². The van der Waals surface area contributed by atoms with Crippen LogP contribution in [0.15, 0.2) is 0 Å². The van der Waals surface area contributed by atoms with Crippen molar-refractivity contribution < 1.29 is 19.1 Å². The Labute approximate surface area is 88.4 Å². The highest BCUT2D eigenvalue weighted by Crippen LogP contribution is 1.79. The highest BCUT2D eigenvalue weighted by atomic mass is 16.5. The van der Waals surface area contributed by atoms with Crippen LogP contribution in [0, 0.1) is 0 Å². The number of amides is 2. The first kappa shape index (κ1) is 13.4. The Kier molecular flexibility index (Phi) is 6.96. The molecule has 2 N–H and O–H groups in total. The number of nitrogens with one attached hydrogen (secondary N) is 2. The molecule has 0 aliphatic rings. The monoisotopic (exact) mass is 216 g/mol. The maximum atomic E-state index is 11.0. The summed E-state index contributed by atoms with van der Waals surface area (Å²) < 4.78 is 4.48. The van der Waals surface area contributed by atoms with Crippen molar-refractivity contribution in [3.05, 3.63) is 0 Å². The largest absolute Gasteiger partial charge is 0.459 e. The second-order valence-electron chi connectivity index (χ2n) is 2.81. The summed E-state index contributed by atoms with van der Waals surface area (Å²) in [4.78, 5) is 32.2. The molecular formula is C9H16N2O4. The second-order valence-corrected chi connectivity index (χ2v) is 2.81. The van der Waals surface area contributed by atoms with Crippen LogP contribution in [0.2, 0.25) is 0 Å². The molecule has 0 aromatic carbocycles. The van der Waals surface area contributed by atoms with E-state index in [4.69, 9.17) is 0 Å². The molecule has 0 rings (SSSR count). The van der Waals surface area contributed by atoms with Crippen molar-refractivity contribution in [1.29, 1.82) is 0 Å². The average Bonchev–Trinajstić information content (AvgIpc) is 2.16. The molecule has 6 nitrogen and oxygen atoms in total. The van der Waals surface area contributed by atoms with Crippen molar-refractivity contribution >= 4 is 17.8 Å². The minimum atomic E-state index is -0.878. The van der Waals surface area contributed by atoms with Crippen molar-refractivity contribution in [2.75, 3.05) is 19.7 Å². The lowest BCUT2D eigenvalue weighted by Crippen LogP contribution is -2.34. The molecule has 15 heavy (non-hydrogen) atoms. The number of carbonyl (C=O) groups excluding carboxylic acids is 3. The molecule has 86 valence electrons. The van der Waals surface area contributed by atoms with Gasteiger partial charge in [-0.1, -0.05) is 0 Å². The zero-order valence-corrected chi connectivity index (χ0v) is 8.96. The van der Waals surface area contributed by atoms with E-state index in [1.165, 1.54) is 6.92 Å². The maximum absolute atomic E-state index is 11.0. The molecule has 6 heteroatoms. The fourth-order valence-electron chi connectivity index (χ4n) is 0.824. The third-order valence-electron chi connectivity index (χ3n) is 1.47. The maximum Gasteiger partial charge on any atom is 0.396 e. The molecule has 0 saturated heterocycles. The lowest BCUT2D eigenvalue weighted by molar-refractivity contribution is -0.154. The second kappa shape index (κ2) is 7.78. The van der Waals surface area contributed by atoms with Crippen LogP contribution in [0.1, 0.15) is 20.3 Å². The summed E-state index contributed by atoms with van der Waals surface area (Å²) in [5.41, 5.74) is 0. The van der Waals surface area contributed by atoms with Crippen LogP contribution in [0.3, 0.4) is 0 Å². The summed E-state index contributed by atoms with van der Waals surface area (Å²) in [6.07, 6.45) is 0.574. The number of ether oxygens (including phenoxy) is 1. The Morgan fingerprint density at radius 1 is 1.13 bits per heavy atom. The van der Waals surface area contributed by atoms with Crippen molar-refractivity contribution in [1.82, 2.24) is 10.6 Å². The average molecular weight is 216 g/mol. The Bertz CT molecular complexity index is 240. The fraction of sp³-hybridized carbons (Fsp3) is 0.667. The van der Waals surface area contributed by atoms with E-state index < -0.39 is 11.9 Å². The van der Waals surface area contributed by atoms with Crippen molar-refractivity contribution in [2.45, 2.75) is 20.3 Å². The van der Waals surface area contributed by atoms with Gasteiger partial charge in [0.1, 0.15) is 0 Å². The first-order valence-electron chi connectivity index (χ1n) is 4.77. The van der Waals surface area contributed by atoms with E-state index in [0.717, 1.165) is 0 Å². The van der Waals surface area contributed by atoms with E-state index in [2.05, 4.69) is 15.4 Å². The lowest BCUT2D eigenvalue weighted by atomic mass is 10.4. The van der Waals surface area contributed by atoms with Crippen molar-refractivity contribution in [3.63, 3.8) is 0 Å². The van der Waals surface area contributed by atoms with E-state index in [0.29, 0.717) is 19.5 Å².